The van der Waals surface area contributed by atoms with Crippen molar-refractivity contribution in [3.63, 3.8) is 0 Å². The Bertz CT molecular complexity index is 946. The van der Waals surface area contributed by atoms with Crippen LogP contribution in [0, 0.1) is 0 Å². The van der Waals surface area contributed by atoms with Gasteiger partial charge in [0, 0.05) is 25.3 Å². The van der Waals surface area contributed by atoms with Crippen LogP contribution in [0.25, 0.3) is 0 Å². The second-order valence-corrected chi connectivity index (χ2v) is 8.81. The fourth-order valence-electron chi connectivity index (χ4n) is 3.24. The van der Waals surface area contributed by atoms with Crippen LogP contribution in [-0.4, -0.2) is 56.3 Å². The second kappa shape index (κ2) is 9.92. The maximum absolute atomic E-state index is 13.0. The molecule has 162 valence electrons. The van der Waals surface area contributed by atoms with Crippen molar-refractivity contribution in [1.29, 1.82) is 0 Å². The summed E-state index contributed by atoms with van der Waals surface area (Å²) in [4.78, 5) is 12.4. The van der Waals surface area contributed by atoms with Crippen LogP contribution in [0.2, 0.25) is 0 Å². The lowest BCUT2D eigenvalue weighted by Gasteiger charge is -2.34. The Labute approximate surface area is 177 Å². The zero-order valence-electron chi connectivity index (χ0n) is 17.2. The van der Waals surface area contributed by atoms with E-state index in [0.717, 1.165) is 5.56 Å². The first-order chi connectivity index (χ1) is 14.4. The normalized spacial score (nSPS) is 16.7. The van der Waals surface area contributed by atoms with E-state index >= 15 is 0 Å². The predicted molar refractivity (Wildman–Crippen MR) is 115 cm³/mol. The van der Waals surface area contributed by atoms with Gasteiger partial charge in [-0.1, -0.05) is 12.1 Å². The molecule has 0 atom stereocenters. The van der Waals surface area contributed by atoms with E-state index in [1.165, 1.54) is 8.61 Å². The van der Waals surface area contributed by atoms with Crippen LogP contribution in [0.1, 0.15) is 18.9 Å². The van der Waals surface area contributed by atoms with Gasteiger partial charge in [0.2, 0.25) is 5.91 Å². The van der Waals surface area contributed by atoms with Crippen molar-refractivity contribution in [2.75, 3.05) is 38.7 Å². The molecule has 1 amide bonds. The first-order valence-electron chi connectivity index (χ1n) is 9.83. The minimum Gasteiger partial charge on any atom is -0.497 e. The number of amides is 1. The molecule has 0 radical (unpaired) electrons. The van der Waals surface area contributed by atoms with Crippen LogP contribution in [0.3, 0.4) is 0 Å². The molecule has 1 aliphatic heterocycles. The summed E-state index contributed by atoms with van der Waals surface area (Å²) in [5.41, 5.74) is 1.45. The zero-order valence-corrected chi connectivity index (χ0v) is 18.0. The summed E-state index contributed by atoms with van der Waals surface area (Å²) in [5, 5.41) is 2.74. The lowest BCUT2D eigenvalue weighted by atomic mass is 10.2. The maximum atomic E-state index is 13.0. The number of methoxy groups -OCH3 is 1. The number of anilines is 1. The number of hydrogen-bond donors (Lipinski definition) is 1. The summed E-state index contributed by atoms with van der Waals surface area (Å²) >= 11 is 0. The fraction of sp³-hybridized carbons (Fsp3) is 0.381. The molecule has 0 saturated carbocycles. The Hall–Kier alpha value is -2.62. The van der Waals surface area contributed by atoms with Gasteiger partial charge in [-0.05, 0) is 55.3 Å². The number of hydrogen-bond acceptors (Lipinski definition) is 5. The zero-order chi connectivity index (χ0) is 21.6. The molecule has 3 rings (SSSR count). The van der Waals surface area contributed by atoms with Gasteiger partial charge >= 0.3 is 0 Å². The summed E-state index contributed by atoms with van der Waals surface area (Å²) < 4.78 is 39.1. The summed E-state index contributed by atoms with van der Waals surface area (Å²) in [5.74, 6) is 1.05. The molecule has 1 saturated heterocycles. The van der Waals surface area contributed by atoms with E-state index in [2.05, 4.69) is 5.32 Å². The lowest BCUT2D eigenvalue weighted by Crippen LogP contribution is -2.51. The third-order valence-electron chi connectivity index (χ3n) is 4.75. The molecule has 0 spiro atoms. The van der Waals surface area contributed by atoms with Crippen LogP contribution < -0.4 is 14.8 Å². The first-order valence-corrected chi connectivity index (χ1v) is 11.2. The Kier molecular flexibility index (Phi) is 7.30. The van der Waals surface area contributed by atoms with Crippen molar-refractivity contribution in [3.05, 3.63) is 54.1 Å². The summed E-state index contributed by atoms with van der Waals surface area (Å²) in [6, 6.07) is 14.2. The second-order valence-electron chi connectivity index (χ2n) is 6.88. The first kappa shape index (κ1) is 22.1. The Morgan fingerprint density at radius 1 is 1.00 bits per heavy atom. The van der Waals surface area contributed by atoms with Crippen LogP contribution >= 0.6 is 0 Å². The number of nitrogens with one attached hydrogen (secondary N) is 1. The third kappa shape index (κ3) is 5.50. The molecule has 1 N–H and O–H groups in total. The Morgan fingerprint density at radius 3 is 2.27 bits per heavy atom. The lowest BCUT2D eigenvalue weighted by molar-refractivity contribution is -0.116. The number of carbonyl (C=O) groups excluding carboxylic acids is 1. The highest BCUT2D eigenvalue weighted by molar-refractivity contribution is 7.86. The molecule has 8 nitrogen and oxygen atoms in total. The minimum atomic E-state index is -3.73. The molecule has 2 aromatic carbocycles. The monoisotopic (exact) mass is 433 g/mol. The predicted octanol–water partition coefficient (Wildman–Crippen LogP) is 2.49. The molecule has 1 heterocycles. The van der Waals surface area contributed by atoms with Gasteiger partial charge in [-0.15, -0.1) is 0 Å². The molecular weight excluding hydrogens is 406 g/mol. The average molecular weight is 434 g/mol. The highest BCUT2D eigenvalue weighted by atomic mass is 32.2. The number of benzene rings is 2. The summed E-state index contributed by atoms with van der Waals surface area (Å²) in [6.07, 6.45) is 0.658. The van der Waals surface area contributed by atoms with E-state index < -0.39 is 10.2 Å². The van der Waals surface area contributed by atoms with E-state index in [4.69, 9.17) is 9.47 Å². The van der Waals surface area contributed by atoms with Crippen molar-refractivity contribution in [2.45, 2.75) is 19.9 Å². The standard InChI is InChI=1S/C21H27N3O5S/c1-3-29-20-11-7-18(8-12-20)22-21(25)16-24-14-4-13-23(30(24,26)27)15-17-5-9-19(28-2)10-6-17/h5-12H,3-4,13-16H2,1-2H3,(H,22,25). The van der Waals surface area contributed by atoms with Crippen LogP contribution in [-0.2, 0) is 21.5 Å². The molecular formula is C21H27N3O5S. The van der Waals surface area contributed by atoms with Crippen molar-refractivity contribution >= 4 is 21.8 Å². The van der Waals surface area contributed by atoms with E-state index in [9.17, 15) is 13.2 Å². The summed E-state index contributed by atoms with van der Waals surface area (Å²) in [7, 11) is -2.14. The minimum absolute atomic E-state index is 0.228. The molecule has 9 heteroatoms. The van der Waals surface area contributed by atoms with Crippen molar-refractivity contribution < 1.29 is 22.7 Å². The molecule has 30 heavy (non-hydrogen) atoms. The molecule has 0 aromatic heterocycles. The summed E-state index contributed by atoms with van der Waals surface area (Å²) in [6.45, 7) is 3.22. The number of nitrogens with zero attached hydrogens (tertiary/aromatic N) is 2. The fourth-order valence-corrected chi connectivity index (χ4v) is 4.87. The van der Waals surface area contributed by atoms with Gasteiger partial charge in [-0.3, -0.25) is 4.79 Å². The van der Waals surface area contributed by atoms with Gasteiger partial charge in [0.15, 0.2) is 0 Å². The van der Waals surface area contributed by atoms with Crippen LogP contribution in [0.5, 0.6) is 11.5 Å². The smallest absolute Gasteiger partial charge is 0.282 e. The number of carbonyl (C=O) groups is 1. The van der Waals surface area contributed by atoms with E-state index in [1.54, 1.807) is 43.5 Å². The molecule has 1 aliphatic rings. The SMILES string of the molecule is CCOc1ccc(NC(=O)CN2CCCN(Cc3ccc(OC)cc3)S2(=O)=O)cc1. The number of ether oxygens (including phenoxy) is 2. The van der Waals surface area contributed by atoms with Crippen molar-refractivity contribution in [2.24, 2.45) is 0 Å². The number of rotatable bonds is 8. The van der Waals surface area contributed by atoms with E-state index in [-0.39, 0.29) is 19.0 Å². The van der Waals surface area contributed by atoms with Gasteiger partial charge in [-0.25, -0.2) is 0 Å². The van der Waals surface area contributed by atoms with Crippen LogP contribution in [0.4, 0.5) is 5.69 Å². The van der Waals surface area contributed by atoms with Gasteiger partial charge in [-0.2, -0.15) is 17.0 Å². The quantitative estimate of drug-likeness (QED) is 0.691. The van der Waals surface area contributed by atoms with Crippen molar-refractivity contribution in [3.8, 4) is 11.5 Å². The molecule has 2 aromatic rings. The van der Waals surface area contributed by atoms with E-state index in [1.807, 2.05) is 19.1 Å². The average Bonchev–Trinajstić information content (AvgIpc) is 2.73. The largest absolute Gasteiger partial charge is 0.497 e. The Balaban J connectivity index is 1.61. The van der Waals surface area contributed by atoms with Gasteiger partial charge in [0.25, 0.3) is 10.2 Å². The molecule has 0 aliphatic carbocycles. The van der Waals surface area contributed by atoms with Crippen LogP contribution in [0.15, 0.2) is 48.5 Å². The van der Waals surface area contributed by atoms with Crippen molar-refractivity contribution in [1.82, 2.24) is 8.61 Å². The van der Waals surface area contributed by atoms with Gasteiger partial charge in [0.1, 0.15) is 11.5 Å². The molecule has 0 unspecified atom stereocenters. The van der Waals surface area contributed by atoms with Gasteiger partial charge < -0.3 is 14.8 Å². The third-order valence-corrected chi connectivity index (χ3v) is 6.68. The topological polar surface area (TPSA) is 88.2 Å². The van der Waals surface area contributed by atoms with E-state index in [0.29, 0.717) is 43.3 Å². The molecule has 1 fully saturated rings. The van der Waals surface area contributed by atoms with Gasteiger partial charge in [0.05, 0.1) is 20.3 Å². The highest BCUT2D eigenvalue weighted by Gasteiger charge is 2.34. The highest BCUT2D eigenvalue weighted by Crippen LogP contribution is 2.21. The Morgan fingerprint density at radius 2 is 1.63 bits per heavy atom. The maximum Gasteiger partial charge on any atom is 0.282 e. The molecule has 0 bridgehead atoms.